The highest BCUT2D eigenvalue weighted by molar-refractivity contribution is 7.80. The Morgan fingerprint density at radius 2 is 1.79 bits per heavy atom. The van der Waals surface area contributed by atoms with Crippen LogP contribution in [0.5, 0.6) is 0 Å². The maximum Gasteiger partial charge on any atom is 0.168 e. The van der Waals surface area contributed by atoms with Gasteiger partial charge in [0.1, 0.15) is 0 Å². The van der Waals surface area contributed by atoms with Crippen molar-refractivity contribution < 1.29 is 4.79 Å². The largest absolute Gasteiger partial charge is 0.376 e. The summed E-state index contributed by atoms with van der Waals surface area (Å²) in [6.45, 7) is 1.56. The molecule has 0 aliphatic rings. The summed E-state index contributed by atoms with van der Waals surface area (Å²) >= 11 is 4.78. The summed E-state index contributed by atoms with van der Waals surface area (Å²) in [4.78, 5) is 11.4. The molecule has 2 aromatic rings. The van der Waals surface area contributed by atoms with Gasteiger partial charge in [-0.05, 0) is 48.5 Å². The van der Waals surface area contributed by atoms with E-state index in [2.05, 4.69) is 5.32 Å². The lowest BCUT2D eigenvalue weighted by atomic mass is 10.0. The molecule has 96 valence electrons. The first-order chi connectivity index (χ1) is 9.06. The number of nitrogens with two attached hydrogens (primary N) is 1. The van der Waals surface area contributed by atoms with E-state index in [0.29, 0.717) is 5.56 Å². The van der Waals surface area contributed by atoms with Crippen molar-refractivity contribution in [3.8, 4) is 11.1 Å². The van der Waals surface area contributed by atoms with Gasteiger partial charge in [-0.25, -0.2) is 0 Å². The number of nitrogens with one attached hydrogen (secondary N) is 1. The molecule has 0 radical (unpaired) electrons. The highest BCUT2D eigenvalue weighted by Crippen LogP contribution is 2.22. The van der Waals surface area contributed by atoms with E-state index in [1.807, 2.05) is 48.5 Å². The van der Waals surface area contributed by atoms with Crippen LogP contribution in [0.1, 0.15) is 17.3 Å². The Kier molecular flexibility index (Phi) is 3.92. The normalized spacial score (nSPS) is 9.95. The zero-order valence-electron chi connectivity index (χ0n) is 10.5. The molecule has 0 spiro atoms. The summed E-state index contributed by atoms with van der Waals surface area (Å²) in [5, 5.41) is 3.11. The lowest BCUT2D eigenvalue weighted by molar-refractivity contribution is 0.101. The maximum atomic E-state index is 11.4. The second kappa shape index (κ2) is 5.63. The summed E-state index contributed by atoms with van der Waals surface area (Å²) in [7, 11) is 0. The van der Waals surface area contributed by atoms with Crippen molar-refractivity contribution in [2.24, 2.45) is 5.73 Å². The van der Waals surface area contributed by atoms with Crippen LogP contribution in [0.4, 0.5) is 5.69 Å². The molecule has 0 unspecified atom stereocenters. The van der Waals surface area contributed by atoms with Crippen molar-refractivity contribution in [3.63, 3.8) is 0 Å². The first-order valence-electron chi connectivity index (χ1n) is 5.84. The molecule has 0 atom stereocenters. The molecule has 4 heteroatoms. The SMILES string of the molecule is CC(=O)c1cccc(-c2ccc(NC(N)=S)cc2)c1. The molecular weight excluding hydrogens is 256 g/mol. The number of carbonyl (C=O) groups is 1. The molecular formula is C15H14N2OS. The molecule has 0 saturated carbocycles. The van der Waals surface area contributed by atoms with Crippen LogP contribution < -0.4 is 11.1 Å². The topological polar surface area (TPSA) is 55.1 Å². The highest BCUT2D eigenvalue weighted by atomic mass is 32.1. The van der Waals surface area contributed by atoms with Gasteiger partial charge < -0.3 is 11.1 Å². The van der Waals surface area contributed by atoms with Gasteiger partial charge in [0.05, 0.1) is 0 Å². The Morgan fingerprint density at radius 1 is 1.11 bits per heavy atom. The molecule has 0 amide bonds. The lowest BCUT2D eigenvalue weighted by Gasteiger charge is -2.06. The van der Waals surface area contributed by atoms with E-state index in [-0.39, 0.29) is 10.9 Å². The highest BCUT2D eigenvalue weighted by Gasteiger charge is 2.03. The number of anilines is 1. The number of benzene rings is 2. The van der Waals surface area contributed by atoms with Crippen LogP contribution in [-0.4, -0.2) is 10.9 Å². The van der Waals surface area contributed by atoms with E-state index in [1.165, 1.54) is 0 Å². The van der Waals surface area contributed by atoms with Crippen molar-refractivity contribution in [3.05, 3.63) is 54.1 Å². The number of hydrogen-bond donors (Lipinski definition) is 2. The molecule has 19 heavy (non-hydrogen) atoms. The minimum Gasteiger partial charge on any atom is -0.376 e. The predicted molar refractivity (Wildman–Crippen MR) is 82.3 cm³/mol. The predicted octanol–water partition coefficient (Wildman–Crippen LogP) is 3.21. The van der Waals surface area contributed by atoms with Gasteiger partial charge in [0.15, 0.2) is 10.9 Å². The Hall–Kier alpha value is -2.20. The van der Waals surface area contributed by atoms with Gasteiger partial charge in [0.25, 0.3) is 0 Å². The van der Waals surface area contributed by atoms with E-state index in [0.717, 1.165) is 16.8 Å². The molecule has 0 saturated heterocycles. The van der Waals surface area contributed by atoms with Gasteiger partial charge in [0.2, 0.25) is 0 Å². The van der Waals surface area contributed by atoms with Crippen LogP contribution in [0.3, 0.4) is 0 Å². The molecule has 3 N–H and O–H groups in total. The zero-order chi connectivity index (χ0) is 13.8. The van der Waals surface area contributed by atoms with Crippen molar-refractivity contribution in [2.75, 3.05) is 5.32 Å². The van der Waals surface area contributed by atoms with Gasteiger partial charge in [-0.2, -0.15) is 0 Å². The molecule has 0 aromatic heterocycles. The van der Waals surface area contributed by atoms with Crippen LogP contribution in [0.25, 0.3) is 11.1 Å². The van der Waals surface area contributed by atoms with Gasteiger partial charge in [-0.15, -0.1) is 0 Å². The third kappa shape index (κ3) is 3.39. The van der Waals surface area contributed by atoms with E-state index >= 15 is 0 Å². The number of ketones is 1. The van der Waals surface area contributed by atoms with Crippen LogP contribution in [0.15, 0.2) is 48.5 Å². The standard InChI is InChI=1S/C15H14N2OS/c1-10(18)12-3-2-4-13(9-12)11-5-7-14(8-6-11)17-15(16)19/h2-9H,1H3,(H3,16,17,19). The van der Waals surface area contributed by atoms with Crippen LogP contribution in [-0.2, 0) is 0 Å². The Bertz CT molecular complexity index is 620. The molecule has 0 aliphatic carbocycles. The summed E-state index contributed by atoms with van der Waals surface area (Å²) in [6, 6.07) is 15.3. The first kappa shape index (κ1) is 13.2. The van der Waals surface area contributed by atoms with E-state index < -0.39 is 0 Å². The fourth-order valence-electron chi connectivity index (χ4n) is 1.81. The van der Waals surface area contributed by atoms with E-state index in [1.54, 1.807) is 6.92 Å². The number of Topliss-reactive ketones (excluding diaryl/α,β-unsaturated/α-hetero) is 1. The molecule has 0 aliphatic heterocycles. The van der Waals surface area contributed by atoms with Crippen molar-refractivity contribution in [2.45, 2.75) is 6.92 Å². The third-order valence-electron chi connectivity index (χ3n) is 2.75. The Labute approximate surface area is 117 Å². The fourth-order valence-corrected chi connectivity index (χ4v) is 1.92. The van der Waals surface area contributed by atoms with E-state index in [4.69, 9.17) is 18.0 Å². The maximum absolute atomic E-state index is 11.4. The summed E-state index contributed by atoms with van der Waals surface area (Å²) in [5.41, 5.74) is 9.01. The van der Waals surface area contributed by atoms with Gasteiger partial charge >= 0.3 is 0 Å². The van der Waals surface area contributed by atoms with Crippen molar-refractivity contribution in [1.29, 1.82) is 0 Å². The minimum atomic E-state index is 0.0635. The second-order valence-electron chi connectivity index (χ2n) is 4.20. The smallest absolute Gasteiger partial charge is 0.168 e. The molecule has 2 rings (SSSR count). The van der Waals surface area contributed by atoms with Crippen LogP contribution >= 0.6 is 12.2 Å². The minimum absolute atomic E-state index is 0.0635. The van der Waals surface area contributed by atoms with Crippen molar-refractivity contribution >= 4 is 28.8 Å². The summed E-state index contributed by atoms with van der Waals surface area (Å²) < 4.78 is 0. The molecule has 0 bridgehead atoms. The number of thiocarbonyl (C=S) groups is 1. The average molecular weight is 270 g/mol. The lowest BCUT2D eigenvalue weighted by Crippen LogP contribution is -2.18. The average Bonchev–Trinajstić information content (AvgIpc) is 2.39. The van der Waals surface area contributed by atoms with Crippen LogP contribution in [0, 0.1) is 0 Å². The Morgan fingerprint density at radius 3 is 2.37 bits per heavy atom. The number of carbonyl (C=O) groups excluding carboxylic acids is 1. The quantitative estimate of drug-likeness (QED) is 0.664. The Balaban J connectivity index is 2.29. The second-order valence-corrected chi connectivity index (χ2v) is 4.64. The third-order valence-corrected chi connectivity index (χ3v) is 2.86. The zero-order valence-corrected chi connectivity index (χ0v) is 11.3. The van der Waals surface area contributed by atoms with E-state index in [9.17, 15) is 4.79 Å². The van der Waals surface area contributed by atoms with Crippen LogP contribution in [0.2, 0.25) is 0 Å². The molecule has 2 aromatic carbocycles. The molecule has 0 heterocycles. The molecule has 0 fully saturated rings. The van der Waals surface area contributed by atoms with Gasteiger partial charge in [-0.3, -0.25) is 4.79 Å². The number of rotatable bonds is 3. The van der Waals surface area contributed by atoms with Gasteiger partial charge in [-0.1, -0.05) is 30.3 Å². The van der Waals surface area contributed by atoms with Crippen molar-refractivity contribution in [1.82, 2.24) is 0 Å². The monoisotopic (exact) mass is 270 g/mol. The summed E-state index contributed by atoms with van der Waals surface area (Å²) in [6.07, 6.45) is 0. The van der Waals surface area contributed by atoms with Gasteiger partial charge in [0, 0.05) is 11.3 Å². The fraction of sp³-hybridized carbons (Fsp3) is 0.0667. The number of hydrogen-bond acceptors (Lipinski definition) is 2. The first-order valence-corrected chi connectivity index (χ1v) is 6.25. The summed E-state index contributed by atoms with van der Waals surface area (Å²) in [5.74, 6) is 0.0635. The molecule has 3 nitrogen and oxygen atoms in total.